The van der Waals surface area contributed by atoms with E-state index in [0.717, 1.165) is 17.9 Å². The first-order valence-electron chi connectivity index (χ1n) is 7.20. The molecule has 0 unspecified atom stereocenters. The summed E-state index contributed by atoms with van der Waals surface area (Å²) in [5, 5.41) is 2.78. The molecular formula is C14H19NO5S2. The third kappa shape index (κ3) is 1.79. The first-order chi connectivity index (χ1) is 10.3. The Balaban J connectivity index is 2.02. The fraction of sp³-hybridized carbons (Fsp3) is 0.786. The molecule has 2 atom stereocenters. The van der Waals surface area contributed by atoms with E-state index in [1.54, 1.807) is 37.4 Å². The topological polar surface area (TPSA) is 81.7 Å². The highest BCUT2D eigenvalue weighted by Crippen LogP contribution is 2.62. The average molecular weight is 345 g/mol. The number of amides is 1. The SMILES string of the molecule is CC(=O)OC[C@@]12NC(=O)C(C)(C)[C@]1(C1SCCCS1)OC2=O. The minimum Gasteiger partial charge on any atom is -0.463 e. The van der Waals surface area contributed by atoms with Crippen LogP contribution in [-0.2, 0) is 23.9 Å². The van der Waals surface area contributed by atoms with Crippen LogP contribution < -0.4 is 5.32 Å². The van der Waals surface area contributed by atoms with Crippen LogP contribution >= 0.6 is 23.5 Å². The number of hydrogen-bond donors (Lipinski definition) is 1. The van der Waals surface area contributed by atoms with Gasteiger partial charge in [-0.25, -0.2) is 4.79 Å². The van der Waals surface area contributed by atoms with E-state index in [4.69, 9.17) is 9.47 Å². The molecule has 3 aliphatic rings. The second-order valence-electron chi connectivity index (χ2n) is 6.32. The number of nitrogens with one attached hydrogen (secondary N) is 1. The molecule has 1 amide bonds. The van der Waals surface area contributed by atoms with Gasteiger partial charge in [0.25, 0.3) is 0 Å². The monoisotopic (exact) mass is 345 g/mol. The minimum absolute atomic E-state index is 0.0524. The molecule has 0 bridgehead atoms. The van der Waals surface area contributed by atoms with Crippen molar-refractivity contribution < 1.29 is 23.9 Å². The molecule has 6 nitrogen and oxygen atoms in total. The fourth-order valence-corrected chi connectivity index (χ4v) is 7.18. The molecule has 0 aliphatic carbocycles. The lowest BCUT2D eigenvalue weighted by molar-refractivity contribution is -0.236. The Morgan fingerprint density at radius 3 is 2.55 bits per heavy atom. The summed E-state index contributed by atoms with van der Waals surface area (Å²) < 4.78 is 10.7. The van der Waals surface area contributed by atoms with E-state index >= 15 is 0 Å². The van der Waals surface area contributed by atoms with Gasteiger partial charge in [0, 0.05) is 6.92 Å². The first kappa shape index (κ1) is 16.0. The van der Waals surface area contributed by atoms with E-state index in [9.17, 15) is 14.4 Å². The summed E-state index contributed by atoms with van der Waals surface area (Å²) in [6, 6.07) is 0. The zero-order valence-electron chi connectivity index (χ0n) is 12.8. The molecule has 3 fully saturated rings. The van der Waals surface area contributed by atoms with E-state index in [1.165, 1.54) is 6.92 Å². The molecule has 0 aromatic carbocycles. The van der Waals surface area contributed by atoms with Crippen molar-refractivity contribution >= 4 is 41.4 Å². The van der Waals surface area contributed by atoms with Gasteiger partial charge >= 0.3 is 11.9 Å². The highest BCUT2D eigenvalue weighted by molar-refractivity contribution is 8.17. The van der Waals surface area contributed by atoms with E-state index in [1.807, 2.05) is 0 Å². The first-order valence-corrected chi connectivity index (χ1v) is 9.30. The molecule has 0 spiro atoms. The second-order valence-corrected chi connectivity index (χ2v) is 9.04. The fourth-order valence-electron chi connectivity index (χ4n) is 3.43. The van der Waals surface area contributed by atoms with Gasteiger partial charge in [0.1, 0.15) is 6.61 Å². The number of thioether (sulfide) groups is 2. The number of fused-ring (bicyclic) bond motifs is 1. The maximum absolute atomic E-state index is 12.5. The summed E-state index contributed by atoms with van der Waals surface area (Å²) in [6.45, 7) is 4.70. The number of rotatable bonds is 3. The average Bonchev–Trinajstić information content (AvgIpc) is 2.61. The summed E-state index contributed by atoms with van der Waals surface area (Å²) in [6.07, 6.45) is 1.09. The zero-order valence-corrected chi connectivity index (χ0v) is 14.4. The summed E-state index contributed by atoms with van der Waals surface area (Å²) in [7, 11) is 0. The lowest BCUT2D eigenvalue weighted by Crippen LogP contribution is -2.81. The molecule has 1 N–H and O–H groups in total. The Kier molecular flexibility index (Phi) is 3.67. The van der Waals surface area contributed by atoms with E-state index < -0.39 is 28.5 Å². The van der Waals surface area contributed by atoms with E-state index in [2.05, 4.69) is 5.32 Å². The molecular weight excluding hydrogens is 326 g/mol. The van der Waals surface area contributed by atoms with Crippen molar-refractivity contribution in [2.45, 2.75) is 42.9 Å². The normalized spacial score (nSPS) is 36.9. The van der Waals surface area contributed by atoms with Gasteiger partial charge in [-0.05, 0) is 31.8 Å². The number of carbonyl (C=O) groups is 3. The quantitative estimate of drug-likeness (QED) is 0.762. The van der Waals surface area contributed by atoms with Crippen molar-refractivity contribution in [3.05, 3.63) is 0 Å². The molecule has 3 aliphatic heterocycles. The van der Waals surface area contributed by atoms with Gasteiger partial charge in [-0.2, -0.15) is 0 Å². The number of esters is 2. The highest BCUT2D eigenvalue weighted by atomic mass is 32.2. The second kappa shape index (κ2) is 5.06. The predicted molar refractivity (Wildman–Crippen MR) is 83.4 cm³/mol. The van der Waals surface area contributed by atoms with Crippen LogP contribution in [0.2, 0.25) is 0 Å². The van der Waals surface area contributed by atoms with Crippen molar-refractivity contribution in [2.75, 3.05) is 18.1 Å². The maximum atomic E-state index is 12.5. The van der Waals surface area contributed by atoms with Crippen LogP contribution in [0.1, 0.15) is 27.2 Å². The molecule has 3 heterocycles. The maximum Gasteiger partial charge on any atom is 0.340 e. The Morgan fingerprint density at radius 2 is 2.00 bits per heavy atom. The third-order valence-electron chi connectivity index (χ3n) is 4.71. The Labute approximate surface area is 137 Å². The summed E-state index contributed by atoms with van der Waals surface area (Å²) in [4.78, 5) is 36.0. The number of carbonyl (C=O) groups excluding carboxylic acids is 3. The Bertz CT molecular complexity index is 545. The molecule has 122 valence electrons. The van der Waals surface area contributed by atoms with Gasteiger partial charge in [0.15, 0.2) is 5.60 Å². The van der Waals surface area contributed by atoms with Crippen molar-refractivity contribution in [2.24, 2.45) is 5.41 Å². The smallest absolute Gasteiger partial charge is 0.340 e. The molecule has 8 heteroatoms. The third-order valence-corrected chi connectivity index (χ3v) is 7.84. The molecule has 0 radical (unpaired) electrons. The Hall–Kier alpha value is -0.890. The lowest BCUT2D eigenvalue weighted by atomic mass is 9.65. The van der Waals surface area contributed by atoms with Gasteiger partial charge in [0.05, 0.1) is 10.00 Å². The van der Waals surface area contributed by atoms with Crippen molar-refractivity contribution in [3.63, 3.8) is 0 Å². The van der Waals surface area contributed by atoms with Crippen LogP contribution in [0.25, 0.3) is 0 Å². The standard InChI is InChI=1S/C14H19NO5S2/c1-8(16)19-7-13-10(18)20-14(13,11-21-5-4-6-22-11)12(2,3)9(17)15-13/h11H,4-7H2,1-3H3,(H,15,17)/t13-,14-/m0/s1. The van der Waals surface area contributed by atoms with Gasteiger partial charge in [-0.3, -0.25) is 9.59 Å². The van der Waals surface area contributed by atoms with Crippen LogP contribution in [-0.4, -0.2) is 51.7 Å². The highest BCUT2D eigenvalue weighted by Gasteiger charge is 2.85. The molecule has 0 aromatic heterocycles. The van der Waals surface area contributed by atoms with Gasteiger partial charge in [-0.1, -0.05) is 0 Å². The predicted octanol–water partition coefficient (Wildman–Crippen LogP) is 0.936. The van der Waals surface area contributed by atoms with Crippen molar-refractivity contribution in [1.29, 1.82) is 0 Å². The molecule has 0 saturated carbocycles. The molecule has 3 saturated heterocycles. The summed E-state index contributed by atoms with van der Waals surface area (Å²) >= 11 is 3.41. The van der Waals surface area contributed by atoms with Crippen LogP contribution in [0.3, 0.4) is 0 Å². The van der Waals surface area contributed by atoms with E-state index in [0.29, 0.717) is 0 Å². The van der Waals surface area contributed by atoms with E-state index in [-0.39, 0.29) is 17.1 Å². The molecule has 3 rings (SSSR count). The molecule has 22 heavy (non-hydrogen) atoms. The van der Waals surface area contributed by atoms with Crippen LogP contribution in [0.5, 0.6) is 0 Å². The number of hydrogen-bond acceptors (Lipinski definition) is 7. The molecule has 0 aromatic rings. The number of ether oxygens (including phenoxy) is 2. The van der Waals surface area contributed by atoms with Crippen LogP contribution in [0.15, 0.2) is 0 Å². The lowest BCUT2D eigenvalue weighted by Gasteiger charge is -2.58. The summed E-state index contributed by atoms with van der Waals surface area (Å²) in [5.41, 5.74) is -3.12. The largest absolute Gasteiger partial charge is 0.463 e. The van der Waals surface area contributed by atoms with Crippen molar-refractivity contribution in [3.8, 4) is 0 Å². The van der Waals surface area contributed by atoms with Crippen LogP contribution in [0, 0.1) is 5.41 Å². The summed E-state index contributed by atoms with van der Waals surface area (Å²) in [5.74, 6) is 0.693. The minimum atomic E-state index is -1.26. The zero-order chi connectivity index (χ0) is 16.2. The Morgan fingerprint density at radius 1 is 1.36 bits per heavy atom. The van der Waals surface area contributed by atoms with Gasteiger partial charge < -0.3 is 14.8 Å². The van der Waals surface area contributed by atoms with Gasteiger partial charge in [0.2, 0.25) is 11.4 Å². The van der Waals surface area contributed by atoms with Gasteiger partial charge in [-0.15, -0.1) is 23.5 Å². The van der Waals surface area contributed by atoms with Crippen LogP contribution in [0.4, 0.5) is 0 Å². The van der Waals surface area contributed by atoms with Crippen molar-refractivity contribution in [1.82, 2.24) is 5.32 Å².